The molecule has 0 unspecified atom stereocenters. The van der Waals surface area contributed by atoms with Crippen LogP contribution >= 0.6 is 22.9 Å². The molecule has 0 bridgehead atoms. The average molecular weight is 429 g/mol. The molecule has 1 aliphatic heterocycles. The molecule has 3 heterocycles. The largest absolute Gasteiger partial charge is 0.359 e. The number of rotatable bonds is 5. The second-order valence-electron chi connectivity index (χ2n) is 7.06. The lowest BCUT2D eigenvalue weighted by Crippen LogP contribution is -2.27. The molecule has 2 aromatic heterocycles. The number of halogens is 1. The number of benzene rings is 1. The van der Waals surface area contributed by atoms with Gasteiger partial charge in [-0.25, -0.2) is 0 Å². The summed E-state index contributed by atoms with van der Waals surface area (Å²) in [6.07, 6.45) is 2.30. The van der Waals surface area contributed by atoms with Crippen molar-refractivity contribution in [3.63, 3.8) is 0 Å². The topological polar surface area (TPSA) is 73.4 Å². The molecule has 1 aliphatic rings. The Morgan fingerprint density at radius 1 is 1.24 bits per heavy atom. The summed E-state index contributed by atoms with van der Waals surface area (Å²) in [5.41, 5.74) is 2.52. The van der Waals surface area contributed by atoms with Gasteiger partial charge in [-0.2, -0.15) is 0 Å². The van der Waals surface area contributed by atoms with Crippen LogP contribution in [0.15, 0.2) is 47.0 Å². The van der Waals surface area contributed by atoms with Gasteiger partial charge in [0.15, 0.2) is 5.76 Å². The van der Waals surface area contributed by atoms with Crippen LogP contribution in [0.4, 0.5) is 0 Å². The Kier molecular flexibility index (Phi) is 5.69. The van der Waals surface area contributed by atoms with Crippen molar-refractivity contribution in [1.29, 1.82) is 5.41 Å². The van der Waals surface area contributed by atoms with Crippen molar-refractivity contribution in [3.05, 3.63) is 63.0 Å². The molecule has 0 saturated carbocycles. The highest BCUT2D eigenvalue weighted by atomic mass is 35.5. The minimum atomic E-state index is -0.107. The number of likely N-dealkylation sites (tertiary alicyclic amines) is 1. The molecular formula is C21H21ClN4O2S. The molecule has 8 heteroatoms. The van der Waals surface area contributed by atoms with E-state index in [1.165, 1.54) is 11.3 Å². The maximum absolute atomic E-state index is 12.4. The first-order valence-electron chi connectivity index (χ1n) is 9.42. The summed E-state index contributed by atoms with van der Waals surface area (Å²) >= 11 is 7.17. The van der Waals surface area contributed by atoms with Crippen LogP contribution in [0.1, 0.15) is 33.8 Å². The standard InChI is InChI=1S/C21H21ClN4O2S/c1-25(21(27)18-8-9-19(22)29-18)13-16-12-17(24-28-16)14-4-6-15(7-5-14)20(23)26-10-2-3-11-26/h4-9,12,23H,2-3,10-11,13H2,1H3. The first-order valence-corrected chi connectivity index (χ1v) is 10.6. The van der Waals surface area contributed by atoms with Crippen LogP contribution < -0.4 is 0 Å². The van der Waals surface area contributed by atoms with Gasteiger partial charge in [-0.1, -0.05) is 41.0 Å². The highest BCUT2D eigenvalue weighted by Gasteiger charge is 2.18. The summed E-state index contributed by atoms with van der Waals surface area (Å²) in [5, 5.41) is 12.5. The van der Waals surface area contributed by atoms with Crippen LogP contribution in [0.5, 0.6) is 0 Å². The molecule has 0 atom stereocenters. The van der Waals surface area contributed by atoms with E-state index >= 15 is 0 Å². The number of hydrogen-bond acceptors (Lipinski definition) is 5. The Balaban J connectivity index is 1.42. The van der Waals surface area contributed by atoms with E-state index in [2.05, 4.69) is 10.1 Å². The summed E-state index contributed by atoms with van der Waals surface area (Å²) in [4.78, 5) is 16.7. The molecule has 1 N–H and O–H groups in total. The predicted octanol–water partition coefficient (Wildman–Crippen LogP) is 4.75. The van der Waals surface area contributed by atoms with E-state index in [0.29, 0.717) is 33.0 Å². The Bertz CT molecular complexity index is 1020. The van der Waals surface area contributed by atoms with Gasteiger partial charge in [0.2, 0.25) is 0 Å². The molecule has 1 fully saturated rings. The van der Waals surface area contributed by atoms with Crippen molar-refractivity contribution in [1.82, 2.24) is 15.0 Å². The van der Waals surface area contributed by atoms with Gasteiger partial charge in [-0.15, -0.1) is 11.3 Å². The smallest absolute Gasteiger partial charge is 0.264 e. The zero-order chi connectivity index (χ0) is 20.4. The van der Waals surface area contributed by atoms with E-state index in [9.17, 15) is 4.79 Å². The summed E-state index contributed by atoms with van der Waals surface area (Å²) in [5.74, 6) is 1.07. The molecule has 0 spiro atoms. The van der Waals surface area contributed by atoms with Crippen LogP contribution in [-0.4, -0.2) is 46.8 Å². The van der Waals surface area contributed by atoms with E-state index in [0.717, 1.165) is 37.1 Å². The van der Waals surface area contributed by atoms with Gasteiger partial charge in [0.25, 0.3) is 5.91 Å². The first kappa shape index (κ1) is 19.7. The Hall–Kier alpha value is -2.64. The molecule has 29 heavy (non-hydrogen) atoms. The van der Waals surface area contributed by atoms with Crippen LogP contribution in [0.3, 0.4) is 0 Å². The third-order valence-corrected chi connectivity index (χ3v) is 6.18. The number of nitrogens with one attached hydrogen (secondary N) is 1. The Morgan fingerprint density at radius 2 is 1.97 bits per heavy atom. The maximum atomic E-state index is 12.4. The number of aromatic nitrogens is 1. The molecule has 6 nitrogen and oxygen atoms in total. The highest BCUT2D eigenvalue weighted by Crippen LogP contribution is 2.24. The maximum Gasteiger partial charge on any atom is 0.264 e. The number of thiophene rings is 1. The minimum Gasteiger partial charge on any atom is -0.359 e. The second kappa shape index (κ2) is 8.39. The summed E-state index contributed by atoms with van der Waals surface area (Å²) in [7, 11) is 1.72. The monoisotopic (exact) mass is 428 g/mol. The lowest BCUT2D eigenvalue weighted by atomic mass is 10.1. The lowest BCUT2D eigenvalue weighted by Gasteiger charge is -2.18. The minimum absolute atomic E-state index is 0.107. The van der Waals surface area contributed by atoms with Gasteiger partial charge in [-0.05, 0) is 25.0 Å². The fourth-order valence-electron chi connectivity index (χ4n) is 3.37. The van der Waals surface area contributed by atoms with Gasteiger partial charge in [0.1, 0.15) is 11.5 Å². The van der Waals surface area contributed by atoms with E-state index in [1.54, 1.807) is 24.1 Å². The molecule has 150 valence electrons. The Labute approximate surface area is 178 Å². The number of amidine groups is 1. The van der Waals surface area contributed by atoms with E-state index in [-0.39, 0.29) is 5.91 Å². The summed E-state index contributed by atoms with van der Waals surface area (Å²) in [6.45, 7) is 2.23. The number of nitrogens with zero attached hydrogens (tertiary/aromatic N) is 3. The van der Waals surface area contributed by atoms with Crippen LogP contribution in [0.2, 0.25) is 4.34 Å². The van der Waals surface area contributed by atoms with Crippen molar-refractivity contribution >= 4 is 34.7 Å². The van der Waals surface area contributed by atoms with Crippen molar-refractivity contribution in [3.8, 4) is 11.3 Å². The fourth-order valence-corrected chi connectivity index (χ4v) is 4.41. The van der Waals surface area contributed by atoms with Crippen molar-refractivity contribution in [2.24, 2.45) is 0 Å². The van der Waals surface area contributed by atoms with E-state index < -0.39 is 0 Å². The third kappa shape index (κ3) is 4.36. The first-order chi connectivity index (χ1) is 14.0. The number of amides is 1. The molecule has 1 amide bonds. The normalized spacial score (nSPS) is 13.7. The third-order valence-electron chi connectivity index (χ3n) is 4.96. The van der Waals surface area contributed by atoms with Gasteiger partial charge in [0.05, 0.1) is 15.8 Å². The highest BCUT2D eigenvalue weighted by molar-refractivity contribution is 7.17. The molecule has 4 rings (SSSR count). The summed E-state index contributed by atoms with van der Waals surface area (Å²) in [6, 6.07) is 13.1. The average Bonchev–Trinajstić information content (AvgIpc) is 3.49. The number of hydrogen-bond donors (Lipinski definition) is 1. The van der Waals surface area contributed by atoms with Gasteiger partial charge < -0.3 is 14.3 Å². The zero-order valence-corrected chi connectivity index (χ0v) is 17.6. The van der Waals surface area contributed by atoms with E-state index in [1.807, 2.05) is 30.3 Å². The molecule has 0 aliphatic carbocycles. The fraction of sp³-hybridized carbons (Fsp3) is 0.286. The molecule has 0 radical (unpaired) electrons. The van der Waals surface area contributed by atoms with Gasteiger partial charge in [-0.3, -0.25) is 10.2 Å². The molecule has 1 saturated heterocycles. The van der Waals surface area contributed by atoms with Crippen LogP contribution in [-0.2, 0) is 6.54 Å². The molecular weight excluding hydrogens is 408 g/mol. The van der Waals surface area contributed by atoms with Crippen LogP contribution in [0, 0.1) is 5.41 Å². The lowest BCUT2D eigenvalue weighted by molar-refractivity contribution is 0.0777. The van der Waals surface area contributed by atoms with Crippen molar-refractivity contribution < 1.29 is 9.32 Å². The summed E-state index contributed by atoms with van der Waals surface area (Å²) < 4.78 is 6.01. The predicted molar refractivity (Wildman–Crippen MR) is 115 cm³/mol. The SMILES string of the molecule is CN(Cc1cc(-c2ccc(C(=N)N3CCCC3)cc2)no1)C(=O)c1ccc(Cl)s1. The number of carbonyl (C=O) groups excluding carboxylic acids is 1. The quantitative estimate of drug-likeness (QED) is 0.470. The number of carbonyl (C=O) groups is 1. The van der Waals surface area contributed by atoms with Crippen molar-refractivity contribution in [2.45, 2.75) is 19.4 Å². The Morgan fingerprint density at radius 3 is 2.62 bits per heavy atom. The second-order valence-corrected chi connectivity index (χ2v) is 8.78. The van der Waals surface area contributed by atoms with Gasteiger partial charge >= 0.3 is 0 Å². The van der Waals surface area contributed by atoms with E-state index in [4.69, 9.17) is 21.5 Å². The molecule has 3 aromatic rings. The van der Waals surface area contributed by atoms with Crippen molar-refractivity contribution in [2.75, 3.05) is 20.1 Å². The zero-order valence-electron chi connectivity index (χ0n) is 16.0. The van der Waals surface area contributed by atoms with Gasteiger partial charge in [0, 0.05) is 37.3 Å². The van der Waals surface area contributed by atoms with Crippen LogP contribution in [0.25, 0.3) is 11.3 Å². The molecule has 1 aromatic carbocycles.